The van der Waals surface area contributed by atoms with E-state index in [0.29, 0.717) is 12.8 Å². The minimum atomic E-state index is -1.68. The van der Waals surface area contributed by atoms with Crippen molar-refractivity contribution >= 4 is 23.9 Å². The molecule has 0 rings (SSSR count). The Labute approximate surface area is 176 Å². The third-order valence-electron chi connectivity index (χ3n) is 4.67. The zero-order chi connectivity index (χ0) is 23.2. The van der Waals surface area contributed by atoms with Crippen LogP contribution in [-0.4, -0.2) is 23.9 Å². The SMILES string of the molecule is CC(C)CCC(CCC(C)C)(C(=O)OC(=O)C(C)(C)C)C(=O)OC(=O)C(C)(C)C. The summed E-state index contributed by atoms with van der Waals surface area (Å²) in [7, 11) is 0. The van der Waals surface area contributed by atoms with E-state index in [4.69, 9.17) is 9.47 Å². The molecule has 0 fully saturated rings. The molecular weight excluding hydrogens is 372 g/mol. The monoisotopic (exact) mass is 412 g/mol. The van der Waals surface area contributed by atoms with Gasteiger partial charge in [-0.05, 0) is 79.1 Å². The summed E-state index contributed by atoms with van der Waals surface area (Å²) in [4.78, 5) is 51.0. The van der Waals surface area contributed by atoms with E-state index in [9.17, 15) is 19.2 Å². The molecule has 0 amide bonds. The highest BCUT2D eigenvalue weighted by molar-refractivity contribution is 6.06. The van der Waals surface area contributed by atoms with Crippen molar-refractivity contribution in [1.29, 1.82) is 0 Å². The predicted molar refractivity (Wildman–Crippen MR) is 112 cm³/mol. The first-order valence-electron chi connectivity index (χ1n) is 10.5. The molecule has 0 aromatic heterocycles. The Balaban J connectivity index is 6.08. The summed E-state index contributed by atoms with van der Waals surface area (Å²) in [5, 5.41) is 0. The van der Waals surface area contributed by atoms with Crippen molar-refractivity contribution < 1.29 is 28.7 Å². The van der Waals surface area contributed by atoms with Gasteiger partial charge in [-0.15, -0.1) is 0 Å². The molecule has 29 heavy (non-hydrogen) atoms. The first kappa shape index (κ1) is 27.3. The van der Waals surface area contributed by atoms with Crippen LogP contribution in [0.3, 0.4) is 0 Å². The number of hydrogen-bond donors (Lipinski definition) is 0. The van der Waals surface area contributed by atoms with Gasteiger partial charge in [0.2, 0.25) is 0 Å². The van der Waals surface area contributed by atoms with Gasteiger partial charge < -0.3 is 9.47 Å². The Bertz CT molecular complexity index is 548. The molecule has 0 heterocycles. The smallest absolute Gasteiger partial charge is 0.331 e. The lowest BCUT2D eigenvalue weighted by Crippen LogP contribution is -2.46. The summed E-state index contributed by atoms with van der Waals surface area (Å²) in [5.41, 5.74) is -3.48. The van der Waals surface area contributed by atoms with Gasteiger partial charge in [0.05, 0.1) is 10.8 Å². The Morgan fingerprint density at radius 3 is 1.07 bits per heavy atom. The topological polar surface area (TPSA) is 86.7 Å². The van der Waals surface area contributed by atoms with Crippen molar-refractivity contribution in [2.75, 3.05) is 0 Å². The molecule has 0 aliphatic carbocycles. The van der Waals surface area contributed by atoms with Crippen molar-refractivity contribution in [3.8, 4) is 0 Å². The maximum absolute atomic E-state index is 13.2. The van der Waals surface area contributed by atoms with Gasteiger partial charge in [0, 0.05) is 0 Å². The summed E-state index contributed by atoms with van der Waals surface area (Å²) in [6.45, 7) is 17.7. The van der Waals surface area contributed by atoms with E-state index in [1.54, 1.807) is 41.5 Å². The molecule has 6 nitrogen and oxygen atoms in total. The lowest BCUT2D eigenvalue weighted by Gasteiger charge is -2.31. The quantitative estimate of drug-likeness (QED) is 0.408. The molecular formula is C23H40O6. The third kappa shape index (κ3) is 8.67. The number of rotatable bonds is 8. The Kier molecular flexibility index (Phi) is 9.74. The van der Waals surface area contributed by atoms with Gasteiger partial charge in [0.25, 0.3) is 0 Å². The molecule has 0 saturated heterocycles. The maximum atomic E-state index is 13.2. The minimum absolute atomic E-state index is 0.157. The maximum Gasteiger partial charge on any atom is 0.331 e. The zero-order valence-corrected chi connectivity index (χ0v) is 19.9. The van der Waals surface area contributed by atoms with Crippen LogP contribution in [0, 0.1) is 28.1 Å². The van der Waals surface area contributed by atoms with Crippen molar-refractivity contribution in [2.45, 2.75) is 94.9 Å². The minimum Gasteiger partial charge on any atom is -0.392 e. The van der Waals surface area contributed by atoms with Crippen LogP contribution < -0.4 is 0 Å². The van der Waals surface area contributed by atoms with Gasteiger partial charge >= 0.3 is 23.9 Å². The van der Waals surface area contributed by atoms with Gasteiger partial charge in [-0.2, -0.15) is 0 Å². The van der Waals surface area contributed by atoms with E-state index >= 15 is 0 Å². The predicted octanol–water partition coefficient (Wildman–Crippen LogP) is 5.08. The van der Waals surface area contributed by atoms with Crippen molar-refractivity contribution in [2.24, 2.45) is 28.1 Å². The van der Waals surface area contributed by atoms with Gasteiger partial charge in [0.1, 0.15) is 0 Å². The Hall–Kier alpha value is -1.72. The van der Waals surface area contributed by atoms with Crippen LogP contribution in [0.1, 0.15) is 94.9 Å². The van der Waals surface area contributed by atoms with Gasteiger partial charge in [-0.1, -0.05) is 27.7 Å². The van der Waals surface area contributed by atoms with E-state index in [1.165, 1.54) is 0 Å². The molecule has 0 N–H and O–H groups in total. The normalized spacial score (nSPS) is 12.8. The van der Waals surface area contributed by atoms with E-state index in [-0.39, 0.29) is 24.7 Å². The van der Waals surface area contributed by atoms with Crippen LogP contribution >= 0.6 is 0 Å². The number of hydrogen-bond acceptors (Lipinski definition) is 6. The van der Waals surface area contributed by atoms with Crippen molar-refractivity contribution in [3.05, 3.63) is 0 Å². The molecule has 168 valence electrons. The lowest BCUT2D eigenvalue weighted by molar-refractivity contribution is -0.184. The molecule has 0 aromatic carbocycles. The van der Waals surface area contributed by atoms with E-state index in [0.717, 1.165) is 0 Å². The highest BCUT2D eigenvalue weighted by Gasteiger charge is 2.51. The van der Waals surface area contributed by atoms with Crippen molar-refractivity contribution in [1.82, 2.24) is 0 Å². The average Bonchev–Trinajstić information content (AvgIpc) is 2.52. The standard InChI is InChI=1S/C23H40O6/c1-15(2)11-13-23(14-12-16(3)4,19(26)28-17(24)21(5,6)7)20(27)29-18(25)22(8,9)10/h15-16H,11-14H2,1-10H3. The second-order valence-electron chi connectivity index (χ2n) is 10.8. The highest BCUT2D eigenvalue weighted by atomic mass is 16.6. The first-order chi connectivity index (χ1) is 12.9. The molecule has 0 bridgehead atoms. The fourth-order valence-corrected chi connectivity index (χ4v) is 2.36. The van der Waals surface area contributed by atoms with E-state index in [1.807, 2.05) is 27.7 Å². The van der Waals surface area contributed by atoms with Gasteiger partial charge in [-0.25, -0.2) is 0 Å². The molecule has 0 unspecified atom stereocenters. The number of carbonyl (C=O) groups excluding carboxylic acids is 4. The van der Waals surface area contributed by atoms with Crippen LogP contribution in [0.25, 0.3) is 0 Å². The fraction of sp³-hybridized carbons (Fsp3) is 0.826. The summed E-state index contributed by atoms with van der Waals surface area (Å²) in [6.07, 6.45) is 1.42. The van der Waals surface area contributed by atoms with Crippen molar-refractivity contribution in [3.63, 3.8) is 0 Å². The molecule has 6 heteroatoms. The molecule has 0 aliphatic rings. The van der Waals surface area contributed by atoms with E-state index in [2.05, 4.69) is 0 Å². The van der Waals surface area contributed by atoms with Crippen LogP contribution in [0.2, 0.25) is 0 Å². The number of carbonyl (C=O) groups is 4. The number of esters is 4. The molecule has 0 aliphatic heterocycles. The second kappa shape index (κ2) is 10.4. The lowest BCUT2D eigenvalue weighted by atomic mass is 9.76. The highest BCUT2D eigenvalue weighted by Crippen LogP contribution is 2.37. The Morgan fingerprint density at radius 2 is 0.862 bits per heavy atom. The van der Waals surface area contributed by atoms with Gasteiger partial charge in [0.15, 0.2) is 5.41 Å². The van der Waals surface area contributed by atoms with Crippen LogP contribution in [0.15, 0.2) is 0 Å². The summed E-state index contributed by atoms with van der Waals surface area (Å²) in [5.74, 6) is -2.85. The Morgan fingerprint density at radius 1 is 0.586 bits per heavy atom. The van der Waals surface area contributed by atoms with Gasteiger partial charge in [-0.3, -0.25) is 19.2 Å². The largest absolute Gasteiger partial charge is 0.392 e. The summed E-state index contributed by atoms with van der Waals surface area (Å²) < 4.78 is 10.3. The molecule has 0 atom stereocenters. The molecule has 0 saturated carbocycles. The molecule has 0 aromatic rings. The summed E-state index contributed by atoms with van der Waals surface area (Å²) >= 11 is 0. The first-order valence-corrected chi connectivity index (χ1v) is 10.5. The average molecular weight is 413 g/mol. The summed E-state index contributed by atoms with van der Waals surface area (Å²) in [6, 6.07) is 0. The van der Waals surface area contributed by atoms with E-state index < -0.39 is 40.1 Å². The fourth-order valence-electron chi connectivity index (χ4n) is 2.36. The van der Waals surface area contributed by atoms with Crippen LogP contribution in [-0.2, 0) is 28.7 Å². The van der Waals surface area contributed by atoms with Crippen LogP contribution in [0.4, 0.5) is 0 Å². The molecule has 0 radical (unpaired) electrons. The third-order valence-corrected chi connectivity index (χ3v) is 4.67. The molecule has 0 spiro atoms. The van der Waals surface area contributed by atoms with Crippen LogP contribution in [0.5, 0.6) is 0 Å². The zero-order valence-electron chi connectivity index (χ0n) is 19.9. The second-order valence-corrected chi connectivity index (χ2v) is 10.8. The number of ether oxygens (including phenoxy) is 2.